The molecule has 0 saturated carbocycles. The van der Waals surface area contributed by atoms with Crippen LogP contribution in [0.25, 0.3) is 0 Å². The Morgan fingerprint density at radius 2 is 2.00 bits per heavy atom. The number of carbonyl (C=O) groups is 1. The van der Waals surface area contributed by atoms with Crippen LogP contribution in [0.3, 0.4) is 0 Å². The third kappa shape index (κ3) is 5.03. The monoisotopic (exact) mass is 508 g/mol. The fourth-order valence-corrected chi connectivity index (χ4v) is 6.74. The molecule has 3 aromatic heterocycles. The maximum Gasteiger partial charge on any atom is 0.244 e. The van der Waals surface area contributed by atoms with Crippen molar-refractivity contribution in [2.24, 2.45) is 0 Å². The topological polar surface area (TPSA) is 130 Å². The van der Waals surface area contributed by atoms with E-state index in [0.29, 0.717) is 28.9 Å². The predicted octanol–water partition coefficient (Wildman–Crippen LogP) is 2.75. The van der Waals surface area contributed by atoms with Crippen molar-refractivity contribution in [1.29, 1.82) is 5.26 Å². The highest BCUT2D eigenvalue weighted by Gasteiger charge is 2.42. The molecule has 2 saturated heterocycles. The summed E-state index contributed by atoms with van der Waals surface area (Å²) in [4.78, 5) is 18.3. The molecule has 1 unspecified atom stereocenters. The normalized spacial score (nSPS) is 22.6. The van der Waals surface area contributed by atoms with Crippen LogP contribution in [0, 0.1) is 18.3 Å². The number of amides is 1. The van der Waals surface area contributed by atoms with Crippen LogP contribution in [0.2, 0.25) is 0 Å². The lowest BCUT2D eigenvalue weighted by molar-refractivity contribution is -0.122. The zero-order valence-corrected chi connectivity index (χ0v) is 21.7. The van der Waals surface area contributed by atoms with Gasteiger partial charge in [-0.15, -0.1) is 31.7 Å². The Labute approximate surface area is 214 Å². The number of nitrogens with one attached hydrogen (secondary N) is 1. The fourth-order valence-electron chi connectivity index (χ4n) is 5.85. The Morgan fingerprint density at radius 1 is 1.22 bits per heavy atom. The predicted molar refractivity (Wildman–Crippen MR) is 133 cm³/mol. The number of nitrogens with zero attached hydrogens (tertiary/aromatic N) is 9. The minimum Gasteiger partial charge on any atom is -0.347 e. The number of nitriles is 1. The van der Waals surface area contributed by atoms with Crippen molar-refractivity contribution in [2.45, 2.75) is 89.5 Å². The van der Waals surface area contributed by atoms with Crippen molar-refractivity contribution in [1.82, 2.24) is 45.2 Å². The number of aryl methyl sites for hydroxylation is 1. The minimum absolute atomic E-state index is 0.0140. The number of hydrogen-bond donors (Lipinski definition) is 1. The number of piperidine rings is 1. The molecule has 5 rings (SSSR count). The SMILES string of the molecule is Cc1nnc(C(C)C)n1C1C[C@H]2CC[C@@H](C1)N2CC[C@H](NC(=O)Cn1ncnn1)c1ccc(C#N)s1. The number of hydrogen-bond acceptors (Lipinski definition) is 9. The molecule has 5 heterocycles. The van der Waals surface area contributed by atoms with Crippen molar-refractivity contribution in [3.63, 3.8) is 0 Å². The van der Waals surface area contributed by atoms with E-state index in [4.69, 9.17) is 0 Å². The smallest absolute Gasteiger partial charge is 0.244 e. The van der Waals surface area contributed by atoms with Gasteiger partial charge in [0.1, 0.15) is 29.1 Å². The first-order valence-corrected chi connectivity index (χ1v) is 13.4. The van der Waals surface area contributed by atoms with Crippen LogP contribution in [-0.2, 0) is 11.3 Å². The van der Waals surface area contributed by atoms with E-state index in [1.165, 1.54) is 35.3 Å². The molecule has 2 aliphatic heterocycles. The van der Waals surface area contributed by atoms with E-state index in [1.807, 2.05) is 12.1 Å². The first-order chi connectivity index (χ1) is 17.4. The van der Waals surface area contributed by atoms with Crippen molar-refractivity contribution >= 4 is 17.2 Å². The van der Waals surface area contributed by atoms with Gasteiger partial charge in [-0.05, 0) is 56.4 Å². The van der Waals surface area contributed by atoms with Gasteiger partial charge < -0.3 is 9.88 Å². The largest absolute Gasteiger partial charge is 0.347 e. The van der Waals surface area contributed by atoms with Crippen molar-refractivity contribution in [3.05, 3.63) is 39.9 Å². The summed E-state index contributed by atoms with van der Waals surface area (Å²) in [6, 6.07) is 7.28. The summed E-state index contributed by atoms with van der Waals surface area (Å²) in [5.74, 6) is 2.27. The molecule has 4 atom stereocenters. The van der Waals surface area contributed by atoms with Gasteiger partial charge in [-0.3, -0.25) is 9.69 Å². The third-order valence-corrected chi connectivity index (χ3v) is 8.51. The number of rotatable bonds is 9. The Balaban J connectivity index is 1.26. The molecule has 0 aliphatic carbocycles. The van der Waals surface area contributed by atoms with Gasteiger partial charge in [-0.1, -0.05) is 13.8 Å². The average molecular weight is 509 g/mol. The summed E-state index contributed by atoms with van der Waals surface area (Å²) in [5.41, 5.74) is 0. The summed E-state index contributed by atoms with van der Waals surface area (Å²) in [6.45, 7) is 7.33. The molecule has 12 heteroatoms. The fraction of sp³-hybridized carbons (Fsp3) is 0.625. The van der Waals surface area contributed by atoms with Crippen LogP contribution in [0.4, 0.5) is 0 Å². The Hall–Kier alpha value is -3.17. The summed E-state index contributed by atoms with van der Waals surface area (Å²) >= 11 is 1.44. The maximum absolute atomic E-state index is 12.7. The van der Waals surface area contributed by atoms with Gasteiger partial charge in [0, 0.05) is 35.5 Å². The number of tetrazole rings is 1. The van der Waals surface area contributed by atoms with E-state index in [9.17, 15) is 10.1 Å². The van der Waals surface area contributed by atoms with Gasteiger partial charge >= 0.3 is 0 Å². The lowest BCUT2D eigenvalue weighted by atomic mass is 9.95. The standard InChI is InChI=1S/C24H32N10OS/c1-15(2)24-30-29-16(3)34(24)19-10-17-4-5-18(11-19)32(17)9-8-21(22-7-6-20(12-25)36-22)28-23(35)13-33-27-14-26-31-33/h6-7,14-15,17-19,21H,4-5,8-11,13H2,1-3H3,(H,28,35)/t17-,18+,19?,21-/m0/s1. The first-order valence-electron chi connectivity index (χ1n) is 12.6. The maximum atomic E-state index is 12.7. The molecule has 2 aliphatic rings. The van der Waals surface area contributed by atoms with Crippen LogP contribution >= 0.6 is 11.3 Å². The highest BCUT2D eigenvalue weighted by Crippen LogP contribution is 2.42. The third-order valence-electron chi connectivity index (χ3n) is 7.40. The van der Waals surface area contributed by atoms with Gasteiger partial charge in [0.15, 0.2) is 6.33 Å². The van der Waals surface area contributed by atoms with E-state index < -0.39 is 0 Å². The van der Waals surface area contributed by atoms with E-state index in [1.54, 1.807) is 0 Å². The van der Waals surface area contributed by atoms with E-state index in [-0.39, 0.29) is 18.5 Å². The van der Waals surface area contributed by atoms with Crippen LogP contribution in [0.1, 0.15) is 85.4 Å². The molecule has 2 bridgehead atoms. The molecular formula is C24H32N10OS. The molecular weight excluding hydrogens is 476 g/mol. The summed E-state index contributed by atoms with van der Waals surface area (Å²) < 4.78 is 2.38. The Bertz CT molecular complexity index is 1210. The van der Waals surface area contributed by atoms with Gasteiger partial charge in [0.25, 0.3) is 0 Å². The zero-order chi connectivity index (χ0) is 25.2. The second-order valence-electron chi connectivity index (χ2n) is 10.1. The van der Waals surface area contributed by atoms with Crippen LogP contribution in [0.5, 0.6) is 0 Å². The van der Waals surface area contributed by atoms with E-state index >= 15 is 0 Å². The lowest BCUT2D eigenvalue weighted by Crippen LogP contribution is -2.45. The molecule has 0 radical (unpaired) electrons. The first kappa shape index (κ1) is 24.5. The van der Waals surface area contributed by atoms with Gasteiger partial charge in [-0.2, -0.15) is 10.1 Å². The number of aromatic nitrogens is 7. The number of fused-ring (bicyclic) bond motifs is 2. The number of carbonyl (C=O) groups excluding carboxylic acids is 1. The summed E-state index contributed by atoms with van der Waals surface area (Å²) in [7, 11) is 0. The quantitative estimate of drug-likeness (QED) is 0.467. The van der Waals surface area contributed by atoms with Gasteiger partial charge in [0.05, 0.1) is 6.04 Å². The molecule has 36 heavy (non-hydrogen) atoms. The second kappa shape index (κ2) is 10.4. The van der Waals surface area contributed by atoms with Crippen molar-refractivity contribution < 1.29 is 4.79 Å². The summed E-state index contributed by atoms with van der Waals surface area (Å²) in [5, 5.41) is 32.7. The molecule has 1 N–H and O–H groups in total. The highest BCUT2D eigenvalue weighted by atomic mass is 32.1. The van der Waals surface area contributed by atoms with Gasteiger partial charge in [-0.25, -0.2) is 0 Å². The number of thiophene rings is 1. The molecule has 190 valence electrons. The Kier molecular flexibility index (Phi) is 7.11. The van der Waals surface area contributed by atoms with Crippen LogP contribution in [0.15, 0.2) is 18.5 Å². The van der Waals surface area contributed by atoms with Gasteiger partial charge in [0.2, 0.25) is 5.91 Å². The zero-order valence-electron chi connectivity index (χ0n) is 20.9. The minimum atomic E-state index is -0.170. The molecule has 0 spiro atoms. The van der Waals surface area contributed by atoms with Crippen molar-refractivity contribution in [2.75, 3.05) is 6.54 Å². The second-order valence-corrected chi connectivity index (χ2v) is 11.2. The van der Waals surface area contributed by atoms with Crippen LogP contribution in [-0.4, -0.2) is 64.4 Å². The molecule has 1 amide bonds. The van der Waals surface area contributed by atoms with E-state index in [2.05, 4.69) is 67.2 Å². The van der Waals surface area contributed by atoms with Crippen LogP contribution < -0.4 is 5.32 Å². The highest BCUT2D eigenvalue weighted by molar-refractivity contribution is 7.12. The van der Waals surface area contributed by atoms with E-state index in [0.717, 1.165) is 42.3 Å². The molecule has 0 aromatic carbocycles. The average Bonchev–Trinajstić information content (AvgIpc) is 3.64. The lowest BCUT2D eigenvalue weighted by Gasteiger charge is -2.40. The van der Waals surface area contributed by atoms with Crippen molar-refractivity contribution in [3.8, 4) is 6.07 Å². The molecule has 11 nitrogen and oxygen atoms in total. The molecule has 2 fully saturated rings. The molecule has 3 aromatic rings. The Morgan fingerprint density at radius 3 is 2.64 bits per heavy atom. The summed E-state index contributed by atoms with van der Waals surface area (Å²) in [6.07, 6.45) is 6.69.